The van der Waals surface area contributed by atoms with E-state index >= 15 is 0 Å². The molecular weight excluding hydrogens is 326 g/mol. The fourth-order valence-corrected chi connectivity index (χ4v) is 2.96. The summed E-state index contributed by atoms with van der Waals surface area (Å²) in [5, 5.41) is 3.10. The van der Waals surface area contributed by atoms with Crippen LogP contribution in [0.15, 0.2) is 53.0 Å². The lowest BCUT2D eigenvalue weighted by Crippen LogP contribution is -2.34. The monoisotopic (exact) mass is 343 g/mol. The van der Waals surface area contributed by atoms with E-state index in [1.54, 1.807) is 0 Å². The lowest BCUT2D eigenvalue weighted by Gasteiger charge is -2.16. The minimum atomic E-state index is -0.302. The molecule has 0 unspecified atom stereocenters. The number of rotatable bonds is 4. The molecule has 3 rings (SSSR count). The minimum absolute atomic E-state index is 0.146. The zero-order chi connectivity index (χ0) is 14.9. The Morgan fingerprint density at radius 1 is 1.14 bits per heavy atom. The molecule has 0 bridgehead atoms. The molecule has 1 aliphatic rings. The predicted octanol–water partition coefficient (Wildman–Crippen LogP) is 4.11. The van der Waals surface area contributed by atoms with E-state index in [1.165, 1.54) is 11.1 Å². The van der Waals surface area contributed by atoms with Gasteiger partial charge in [-0.25, -0.2) is 0 Å². The minimum Gasteiger partial charge on any atom is -0.351 e. The van der Waals surface area contributed by atoms with Crippen molar-refractivity contribution in [2.24, 2.45) is 0 Å². The van der Waals surface area contributed by atoms with Gasteiger partial charge >= 0.3 is 0 Å². The van der Waals surface area contributed by atoms with Crippen LogP contribution in [-0.4, -0.2) is 5.91 Å². The van der Waals surface area contributed by atoms with Crippen molar-refractivity contribution in [2.45, 2.75) is 31.7 Å². The fourth-order valence-electron chi connectivity index (χ4n) is 2.69. The Labute approximate surface area is 133 Å². The van der Waals surface area contributed by atoms with E-state index < -0.39 is 0 Å². The van der Waals surface area contributed by atoms with Crippen LogP contribution >= 0.6 is 15.9 Å². The van der Waals surface area contributed by atoms with Gasteiger partial charge in [0.05, 0.1) is 5.41 Å². The number of carbonyl (C=O) groups is 1. The van der Waals surface area contributed by atoms with Crippen molar-refractivity contribution in [3.05, 3.63) is 69.7 Å². The number of aryl methyl sites for hydroxylation is 1. The standard InChI is InChI=1S/C18H18BrNO/c1-13-4-2-3-5-14(13)12-20-17(21)18(10-11-18)15-6-8-16(19)9-7-15/h2-9H,10-12H2,1H3,(H,20,21). The third-order valence-corrected chi connectivity index (χ3v) is 4.81. The van der Waals surface area contributed by atoms with Gasteiger partial charge in [0.2, 0.25) is 5.91 Å². The molecule has 0 atom stereocenters. The summed E-state index contributed by atoms with van der Waals surface area (Å²) in [7, 11) is 0. The molecule has 0 aromatic heterocycles. The highest BCUT2D eigenvalue weighted by Gasteiger charge is 2.50. The summed E-state index contributed by atoms with van der Waals surface area (Å²) in [5.41, 5.74) is 3.21. The largest absolute Gasteiger partial charge is 0.351 e. The molecule has 1 fully saturated rings. The molecular formula is C18H18BrNO. The first kappa shape index (κ1) is 14.3. The Bertz CT molecular complexity index is 659. The fraction of sp³-hybridized carbons (Fsp3) is 0.278. The second kappa shape index (κ2) is 5.64. The maximum Gasteiger partial charge on any atom is 0.230 e. The summed E-state index contributed by atoms with van der Waals surface area (Å²) in [6.07, 6.45) is 1.88. The molecule has 108 valence electrons. The summed E-state index contributed by atoms with van der Waals surface area (Å²) in [4.78, 5) is 12.6. The second-order valence-electron chi connectivity index (χ2n) is 5.70. The average molecular weight is 344 g/mol. The third kappa shape index (κ3) is 2.88. The van der Waals surface area contributed by atoms with Crippen molar-refractivity contribution in [1.29, 1.82) is 0 Å². The summed E-state index contributed by atoms with van der Waals surface area (Å²) >= 11 is 3.44. The highest BCUT2D eigenvalue weighted by atomic mass is 79.9. The summed E-state index contributed by atoms with van der Waals surface area (Å²) in [5.74, 6) is 0.146. The number of hydrogen-bond donors (Lipinski definition) is 1. The van der Waals surface area contributed by atoms with Crippen molar-refractivity contribution in [3.63, 3.8) is 0 Å². The van der Waals surface area contributed by atoms with Crippen LogP contribution in [0.25, 0.3) is 0 Å². The normalized spacial score (nSPS) is 15.5. The van der Waals surface area contributed by atoms with Crippen LogP contribution in [0.3, 0.4) is 0 Å². The van der Waals surface area contributed by atoms with Gasteiger partial charge in [-0.05, 0) is 48.6 Å². The summed E-state index contributed by atoms with van der Waals surface area (Å²) in [6, 6.07) is 16.3. The SMILES string of the molecule is Cc1ccccc1CNC(=O)C1(c2ccc(Br)cc2)CC1. The van der Waals surface area contributed by atoms with Crippen molar-refractivity contribution in [1.82, 2.24) is 5.32 Å². The third-order valence-electron chi connectivity index (χ3n) is 4.28. The van der Waals surface area contributed by atoms with E-state index in [2.05, 4.69) is 40.3 Å². The Balaban J connectivity index is 1.71. The maximum absolute atomic E-state index is 12.6. The molecule has 1 aliphatic carbocycles. The van der Waals surface area contributed by atoms with E-state index in [0.29, 0.717) is 6.54 Å². The van der Waals surface area contributed by atoms with Gasteiger partial charge in [-0.15, -0.1) is 0 Å². The molecule has 0 spiro atoms. The molecule has 2 aromatic carbocycles. The van der Waals surface area contributed by atoms with Crippen LogP contribution in [0.5, 0.6) is 0 Å². The predicted molar refractivity (Wildman–Crippen MR) is 88.1 cm³/mol. The second-order valence-corrected chi connectivity index (χ2v) is 6.61. The van der Waals surface area contributed by atoms with E-state index in [-0.39, 0.29) is 11.3 Å². The van der Waals surface area contributed by atoms with Crippen LogP contribution in [0.1, 0.15) is 29.5 Å². The Morgan fingerprint density at radius 2 is 1.81 bits per heavy atom. The van der Waals surface area contributed by atoms with Crippen LogP contribution in [0.2, 0.25) is 0 Å². The van der Waals surface area contributed by atoms with Crippen LogP contribution < -0.4 is 5.32 Å². The van der Waals surface area contributed by atoms with Gasteiger partial charge in [-0.2, -0.15) is 0 Å². The molecule has 0 radical (unpaired) electrons. The van der Waals surface area contributed by atoms with Gasteiger partial charge in [0.1, 0.15) is 0 Å². The number of halogens is 1. The molecule has 0 heterocycles. The Hall–Kier alpha value is -1.61. The first-order valence-electron chi connectivity index (χ1n) is 7.21. The zero-order valence-electron chi connectivity index (χ0n) is 12.0. The van der Waals surface area contributed by atoms with Gasteiger partial charge in [0.25, 0.3) is 0 Å². The molecule has 2 nitrogen and oxygen atoms in total. The van der Waals surface area contributed by atoms with E-state index in [1.807, 2.05) is 36.4 Å². The van der Waals surface area contributed by atoms with Crippen molar-refractivity contribution in [2.75, 3.05) is 0 Å². The molecule has 1 amide bonds. The number of amides is 1. The quantitative estimate of drug-likeness (QED) is 0.889. The molecule has 2 aromatic rings. The van der Waals surface area contributed by atoms with Crippen LogP contribution in [-0.2, 0) is 16.8 Å². The topological polar surface area (TPSA) is 29.1 Å². The van der Waals surface area contributed by atoms with Gasteiger partial charge in [0, 0.05) is 11.0 Å². The molecule has 3 heteroatoms. The van der Waals surface area contributed by atoms with Crippen LogP contribution in [0.4, 0.5) is 0 Å². The molecule has 1 N–H and O–H groups in total. The van der Waals surface area contributed by atoms with Crippen molar-refractivity contribution >= 4 is 21.8 Å². The van der Waals surface area contributed by atoms with Crippen LogP contribution in [0, 0.1) is 6.92 Å². The van der Waals surface area contributed by atoms with Gasteiger partial charge in [-0.1, -0.05) is 52.3 Å². The smallest absolute Gasteiger partial charge is 0.230 e. The first-order valence-corrected chi connectivity index (χ1v) is 8.00. The van der Waals surface area contributed by atoms with Gasteiger partial charge < -0.3 is 5.32 Å². The highest BCUT2D eigenvalue weighted by Crippen LogP contribution is 2.48. The Kier molecular flexibility index (Phi) is 3.85. The molecule has 0 saturated heterocycles. The molecule has 0 aliphatic heterocycles. The van der Waals surface area contributed by atoms with E-state index in [4.69, 9.17) is 0 Å². The van der Waals surface area contributed by atoms with E-state index in [0.717, 1.165) is 22.9 Å². The summed E-state index contributed by atoms with van der Waals surface area (Å²) in [6.45, 7) is 2.67. The molecule has 21 heavy (non-hydrogen) atoms. The number of benzene rings is 2. The number of carbonyl (C=O) groups excluding carboxylic acids is 1. The molecule has 1 saturated carbocycles. The average Bonchev–Trinajstić information content (AvgIpc) is 3.28. The Morgan fingerprint density at radius 3 is 2.43 bits per heavy atom. The van der Waals surface area contributed by atoms with Crippen molar-refractivity contribution in [3.8, 4) is 0 Å². The van der Waals surface area contributed by atoms with E-state index in [9.17, 15) is 4.79 Å². The number of hydrogen-bond acceptors (Lipinski definition) is 1. The lowest BCUT2D eigenvalue weighted by molar-refractivity contribution is -0.123. The van der Waals surface area contributed by atoms with Gasteiger partial charge in [0.15, 0.2) is 0 Å². The first-order chi connectivity index (χ1) is 10.1. The summed E-state index contributed by atoms with van der Waals surface area (Å²) < 4.78 is 1.04. The zero-order valence-corrected chi connectivity index (χ0v) is 13.6. The van der Waals surface area contributed by atoms with Crippen molar-refractivity contribution < 1.29 is 4.79 Å². The number of nitrogens with one attached hydrogen (secondary N) is 1. The lowest BCUT2D eigenvalue weighted by atomic mass is 9.95. The highest BCUT2D eigenvalue weighted by molar-refractivity contribution is 9.10. The van der Waals surface area contributed by atoms with Gasteiger partial charge in [-0.3, -0.25) is 4.79 Å². The maximum atomic E-state index is 12.6.